The van der Waals surface area contributed by atoms with Crippen LogP contribution in [0.2, 0.25) is 0 Å². The Morgan fingerprint density at radius 3 is 0.652 bits per heavy atom. The third kappa shape index (κ3) is 628. The topological polar surface area (TPSA) is 550 Å². The van der Waals surface area contributed by atoms with Gasteiger partial charge < -0.3 is 127 Å². The standard InChI is InChI=1S/C9H12.C8H10.C7H13NO.C5H12.C4H10.C3H8O.5C2H6.7CH5N.11CH2O.4H3N/c1-2-6-9-7-4-3-5-8-9;1-2-8-6-4-3-5-7-8;1-7(9)8-5-3-2-4-6-8;1-4-5(2)3;1-4(2)3;1-3(2)4;23*1-2;;;;/h3-5,7-8H,2,6H2,1H3;3-7H,2H2,1H3;2-6H2,1H3;5H,4H2,1-3H3;4H,1-3H3;3-4H,1-2H3;5*1-2H3;7*2H2,1H3;11*1H2;4*1H3. The molecule has 89 heavy (non-hydrogen) atoms. The third-order valence-corrected chi connectivity index (χ3v) is 5.25. The molecule has 0 saturated carbocycles. The summed E-state index contributed by atoms with van der Waals surface area (Å²) in [7, 11) is 10.5. The van der Waals surface area contributed by atoms with Gasteiger partial charge in [-0.3, -0.25) is 4.79 Å². The number of carbonyl (C=O) groups excluding carboxylic acids is 12. The lowest BCUT2D eigenvalue weighted by Crippen LogP contribution is -2.33. The first-order valence-electron chi connectivity index (χ1n) is 27.6. The molecule has 1 saturated heterocycles. The number of aliphatic hydroxyl groups excluding tert-OH is 1. The van der Waals surface area contributed by atoms with Crippen LogP contribution >= 0.6 is 0 Å². The third-order valence-electron chi connectivity index (χ3n) is 5.25. The van der Waals surface area contributed by atoms with E-state index in [1.807, 2.05) is 155 Å². The Labute approximate surface area is 553 Å². The Morgan fingerprint density at radius 2 is 0.551 bits per heavy atom. The molecule has 27 N–H and O–H groups in total. The lowest BCUT2D eigenvalue weighted by molar-refractivity contribution is -0.129. The summed E-state index contributed by atoms with van der Waals surface area (Å²) >= 11 is 0. The average Bonchev–Trinajstić information content (AvgIpc) is 3.64. The second kappa shape index (κ2) is 467. The molecule has 1 fully saturated rings. The second-order valence-electron chi connectivity index (χ2n) is 11.3. The summed E-state index contributed by atoms with van der Waals surface area (Å²) in [6, 6.07) is 21.0. The van der Waals surface area contributed by atoms with Gasteiger partial charge in [0.25, 0.3) is 0 Å². The second-order valence-corrected chi connectivity index (χ2v) is 11.3. The normalized spacial score (nSPS) is 6.44. The molecular weight excluding hydrogens is 1140 g/mol. The van der Waals surface area contributed by atoms with Crippen LogP contribution in [-0.4, -0.2) is 159 Å². The minimum atomic E-state index is -0.167. The molecule has 1 aliphatic rings. The van der Waals surface area contributed by atoms with Gasteiger partial charge in [0.2, 0.25) is 5.91 Å². The Kier molecular flexibility index (Phi) is 1040. The number of likely N-dealkylation sites (tertiary alicyclic amines) is 1. The van der Waals surface area contributed by atoms with E-state index in [1.54, 1.807) is 20.8 Å². The molecule has 1 aliphatic heterocycles. The van der Waals surface area contributed by atoms with E-state index in [2.05, 4.69) is 150 Å². The van der Waals surface area contributed by atoms with Crippen molar-refractivity contribution in [2.75, 3.05) is 62.4 Å². The smallest absolute Gasteiger partial charge is 0.219 e. The first-order valence-corrected chi connectivity index (χ1v) is 27.6. The van der Waals surface area contributed by atoms with E-state index < -0.39 is 0 Å². The predicted molar refractivity (Wildman–Crippen MR) is 401 cm³/mol. The minimum absolute atomic E-state index is 0. The number of carbonyl (C=O) groups is 12. The number of piperidine rings is 1. The first-order chi connectivity index (χ1) is 41.4. The van der Waals surface area contributed by atoms with Crippen molar-refractivity contribution in [3.8, 4) is 0 Å². The number of aryl methyl sites for hydroxylation is 2. The molecule has 3 rings (SSSR count). The molecule has 2 aromatic rings. The number of nitrogens with zero attached hydrogens (tertiary/aromatic N) is 1. The summed E-state index contributed by atoms with van der Waals surface area (Å²) in [6.45, 7) is 66.6. The van der Waals surface area contributed by atoms with E-state index in [1.165, 1.54) is 99.0 Å². The van der Waals surface area contributed by atoms with Crippen LogP contribution in [0.3, 0.4) is 0 Å². The van der Waals surface area contributed by atoms with Crippen LogP contribution in [0, 0.1) is 11.8 Å². The first kappa shape index (κ1) is 199. The fourth-order valence-corrected chi connectivity index (χ4v) is 2.86. The lowest BCUT2D eigenvalue weighted by Gasteiger charge is -2.24. The lowest BCUT2D eigenvalue weighted by atomic mass is 10.1. The highest BCUT2D eigenvalue weighted by atomic mass is 16.3. The van der Waals surface area contributed by atoms with E-state index in [0.717, 1.165) is 31.3 Å². The van der Waals surface area contributed by atoms with Crippen molar-refractivity contribution in [2.45, 2.75) is 196 Å². The van der Waals surface area contributed by atoms with Crippen LogP contribution in [0.25, 0.3) is 0 Å². The Balaban J connectivity index is -0.0000000149. The number of hydrogen-bond acceptors (Lipinski definition) is 24. The minimum Gasteiger partial charge on any atom is -0.394 e. The summed E-state index contributed by atoms with van der Waals surface area (Å²) in [5, 5.41) is 8.06. The maximum absolute atomic E-state index is 10.7. The van der Waals surface area contributed by atoms with E-state index in [9.17, 15) is 4.79 Å². The number of aliphatic hydroxyl groups is 1. The van der Waals surface area contributed by atoms with Crippen LogP contribution in [-0.2, 0) is 70.4 Å². The summed E-state index contributed by atoms with van der Waals surface area (Å²) < 4.78 is 0. The number of benzene rings is 2. The number of hydrogen-bond donors (Lipinski definition) is 12. The maximum atomic E-state index is 10.7. The summed E-state index contributed by atoms with van der Waals surface area (Å²) in [5.74, 6) is 1.95. The molecule has 1 amide bonds. The van der Waals surface area contributed by atoms with Crippen molar-refractivity contribution >= 4 is 80.6 Å². The molecule has 0 spiro atoms. The van der Waals surface area contributed by atoms with Gasteiger partial charge in [-0.25, -0.2) is 0 Å². The van der Waals surface area contributed by atoms with E-state index in [4.69, 9.17) is 57.8 Å². The zero-order chi connectivity index (χ0) is 76.5. The highest BCUT2D eigenvalue weighted by molar-refractivity contribution is 5.73. The fourth-order valence-electron chi connectivity index (χ4n) is 2.86. The molecule has 2 aromatic carbocycles. The monoisotopic (exact) mass is 1310 g/mol. The predicted octanol–water partition coefficient (Wildman–Crippen LogP) is 10.8. The number of rotatable bonds is 4. The van der Waals surface area contributed by atoms with Crippen molar-refractivity contribution in [3.05, 3.63) is 71.8 Å². The van der Waals surface area contributed by atoms with Crippen molar-refractivity contribution in [2.24, 2.45) is 52.0 Å². The van der Waals surface area contributed by atoms with Gasteiger partial charge >= 0.3 is 0 Å². The molecule has 25 heteroatoms. The highest BCUT2D eigenvalue weighted by Gasteiger charge is 2.11. The van der Waals surface area contributed by atoms with Crippen molar-refractivity contribution in [3.63, 3.8) is 0 Å². The fraction of sp³-hybridized carbons (Fsp3) is 0.625. The molecule has 0 aliphatic carbocycles. The zero-order valence-electron chi connectivity index (χ0n) is 63.8. The summed E-state index contributed by atoms with van der Waals surface area (Å²) in [5.41, 5.74) is 34.4. The largest absolute Gasteiger partial charge is 0.394 e. The van der Waals surface area contributed by atoms with Crippen molar-refractivity contribution in [1.29, 1.82) is 0 Å². The highest BCUT2D eigenvalue weighted by Crippen LogP contribution is 2.07. The van der Waals surface area contributed by atoms with E-state index in [-0.39, 0.29) is 36.6 Å². The van der Waals surface area contributed by atoms with Crippen LogP contribution in [0.1, 0.15) is 189 Å². The molecule has 0 unspecified atom stereocenters. The Hall–Kier alpha value is -6.20. The van der Waals surface area contributed by atoms with Crippen LogP contribution < -0.4 is 64.7 Å². The molecule has 0 radical (unpaired) electrons. The summed E-state index contributed by atoms with van der Waals surface area (Å²) in [6.07, 6.45) is 8.41. The van der Waals surface area contributed by atoms with Gasteiger partial charge in [0, 0.05) is 26.1 Å². The van der Waals surface area contributed by atoms with Crippen LogP contribution in [0.15, 0.2) is 60.7 Å². The van der Waals surface area contributed by atoms with Crippen molar-refractivity contribution < 1.29 is 62.6 Å². The maximum Gasteiger partial charge on any atom is 0.219 e. The molecular formula is C64H164N12O13. The van der Waals surface area contributed by atoms with Gasteiger partial charge in [0.15, 0.2) is 0 Å². The molecule has 0 aromatic heterocycles. The molecule has 1 heterocycles. The Bertz CT molecular complexity index is 920. The molecule has 0 bridgehead atoms. The van der Waals surface area contributed by atoms with Gasteiger partial charge in [0.1, 0.15) is 74.7 Å². The van der Waals surface area contributed by atoms with Crippen LogP contribution in [0.4, 0.5) is 0 Å². The zero-order valence-corrected chi connectivity index (χ0v) is 63.8. The van der Waals surface area contributed by atoms with E-state index in [0.29, 0.717) is 0 Å². The average molecular weight is 1310 g/mol. The summed E-state index contributed by atoms with van der Waals surface area (Å²) in [4.78, 5) is 101. The molecule has 25 nitrogen and oxygen atoms in total. The van der Waals surface area contributed by atoms with Gasteiger partial charge in [0.05, 0.1) is 0 Å². The molecule has 558 valence electrons. The van der Waals surface area contributed by atoms with Gasteiger partial charge in [-0.2, -0.15) is 0 Å². The number of amides is 1. The SMILES string of the molecule is C=O.C=O.C=O.C=O.C=O.C=O.C=O.C=O.C=O.C=O.C=O.CC.CC.CC.CC.CC.CC(=O)N1CCCCC1.CC(C)C.CC(C)O.CCC(C)C.CCCc1ccccc1.CCc1ccccc1.CN.CN.CN.CN.CN.CN.CN.N.N.N.N. The van der Waals surface area contributed by atoms with E-state index >= 15 is 0 Å². The number of nitrogens with two attached hydrogens (primary N) is 7. The Morgan fingerprint density at radius 1 is 0.393 bits per heavy atom. The molecule has 0 atom stereocenters. The van der Waals surface area contributed by atoms with Gasteiger partial charge in [-0.05, 0) is 118 Å². The van der Waals surface area contributed by atoms with Crippen LogP contribution in [0.5, 0.6) is 0 Å². The van der Waals surface area contributed by atoms with Crippen molar-refractivity contribution in [1.82, 2.24) is 29.5 Å². The van der Waals surface area contributed by atoms with Gasteiger partial charge in [-0.15, -0.1) is 0 Å². The van der Waals surface area contributed by atoms with Gasteiger partial charge in [-0.1, -0.05) is 198 Å². The quantitative estimate of drug-likeness (QED) is 0.135.